The van der Waals surface area contributed by atoms with Gasteiger partial charge in [-0.2, -0.15) is 0 Å². The van der Waals surface area contributed by atoms with Crippen LogP contribution in [-0.4, -0.2) is 13.1 Å². The van der Waals surface area contributed by atoms with Crippen molar-refractivity contribution >= 4 is 28.3 Å². The second-order valence-corrected chi connectivity index (χ2v) is 5.17. The number of hydrogen-bond acceptors (Lipinski definition) is 1. The highest BCUT2D eigenvalue weighted by Crippen LogP contribution is 2.30. The number of benzene rings is 1. The van der Waals surface area contributed by atoms with Crippen molar-refractivity contribution in [3.05, 3.63) is 27.8 Å². The highest BCUT2D eigenvalue weighted by molar-refractivity contribution is 14.1. The highest BCUT2D eigenvalue weighted by atomic mass is 127. The van der Waals surface area contributed by atoms with Gasteiger partial charge in [-0.3, -0.25) is 0 Å². The van der Waals surface area contributed by atoms with Crippen molar-refractivity contribution in [2.45, 2.75) is 19.8 Å². The van der Waals surface area contributed by atoms with Crippen LogP contribution < -0.4 is 4.90 Å². The molecule has 1 heterocycles. The summed E-state index contributed by atoms with van der Waals surface area (Å²) in [6, 6.07) is 8.65. The summed E-state index contributed by atoms with van der Waals surface area (Å²) < 4.78 is 1.38. The summed E-state index contributed by atoms with van der Waals surface area (Å²) in [6.07, 6.45) is 2.71. The molecule has 0 amide bonds. The summed E-state index contributed by atoms with van der Waals surface area (Å²) in [4.78, 5) is 2.49. The lowest BCUT2D eigenvalue weighted by Gasteiger charge is -2.41. The van der Waals surface area contributed by atoms with E-state index >= 15 is 0 Å². The second-order valence-electron chi connectivity index (χ2n) is 4.01. The monoisotopic (exact) mass is 301 g/mol. The first kappa shape index (κ1) is 10.3. The molecule has 0 aliphatic carbocycles. The average Bonchev–Trinajstić information content (AvgIpc) is 2.12. The largest absolute Gasteiger partial charge is 0.370 e. The van der Waals surface area contributed by atoms with Crippen LogP contribution in [0.2, 0.25) is 0 Å². The smallest absolute Gasteiger partial charge is 0.0502 e. The molecule has 0 saturated carbocycles. The molecule has 1 nitrogen and oxygen atoms in total. The molecule has 76 valence electrons. The molecular weight excluding hydrogens is 285 g/mol. The van der Waals surface area contributed by atoms with E-state index in [2.05, 4.69) is 58.7 Å². The van der Waals surface area contributed by atoms with Gasteiger partial charge in [0.1, 0.15) is 0 Å². The fourth-order valence-corrected chi connectivity index (χ4v) is 2.79. The van der Waals surface area contributed by atoms with E-state index in [0.717, 1.165) is 5.92 Å². The number of anilines is 1. The molecule has 0 bridgehead atoms. The maximum atomic E-state index is 2.49. The molecule has 0 N–H and O–H groups in total. The predicted molar refractivity (Wildman–Crippen MR) is 69.8 cm³/mol. The lowest BCUT2D eigenvalue weighted by molar-refractivity contribution is 0.380. The summed E-state index contributed by atoms with van der Waals surface area (Å²) >= 11 is 2.42. The number of nitrogens with zero attached hydrogens (tertiary/aromatic N) is 1. The Labute approximate surface area is 99.6 Å². The molecule has 0 unspecified atom stereocenters. The first-order valence-electron chi connectivity index (χ1n) is 5.30. The molecule has 0 aromatic heterocycles. The molecule has 0 spiro atoms. The van der Waals surface area contributed by atoms with Gasteiger partial charge >= 0.3 is 0 Å². The van der Waals surface area contributed by atoms with Crippen LogP contribution in [0.3, 0.4) is 0 Å². The third kappa shape index (κ3) is 2.05. The van der Waals surface area contributed by atoms with Crippen LogP contribution in [-0.2, 0) is 0 Å². The van der Waals surface area contributed by atoms with Gasteiger partial charge in [-0.05, 0) is 47.1 Å². The third-order valence-corrected chi connectivity index (χ3v) is 3.76. The Bertz CT molecular complexity index is 305. The van der Waals surface area contributed by atoms with E-state index in [1.165, 1.54) is 35.2 Å². The van der Waals surface area contributed by atoms with Crippen LogP contribution in [0.15, 0.2) is 24.3 Å². The molecule has 14 heavy (non-hydrogen) atoms. The van der Waals surface area contributed by atoms with Crippen molar-refractivity contribution in [2.24, 2.45) is 5.92 Å². The zero-order chi connectivity index (χ0) is 9.97. The van der Waals surface area contributed by atoms with Crippen molar-refractivity contribution in [2.75, 3.05) is 18.0 Å². The summed E-state index contributed by atoms with van der Waals surface area (Å²) in [6.45, 7) is 4.79. The van der Waals surface area contributed by atoms with E-state index in [0.29, 0.717) is 0 Å². The minimum absolute atomic E-state index is 0.941. The molecular formula is C12H16IN. The standard InChI is InChI=1S/C12H16IN/c1-2-5-10-8-14(9-10)12-7-4-3-6-11(12)13/h3-4,6-7,10H,2,5,8-9H2,1H3. The van der Waals surface area contributed by atoms with Crippen LogP contribution in [0.4, 0.5) is 5.69 Å². The molecule has 1 aliphatic heterocycles. The summed E-state index contributed by atoms with van der Waals surface area (Å²) in [7, 11) is 0. The summed E-state index contributed by atoms with van der Waals surface area (Å²) in [5, 5.41) is 0. The Hall–Kier alpha value is -0.250. The minimum atomic E-state index is 0.941. The van der Waals surface area contributed by atoms with Gasteiger partial charge in [0, 0.05) is 16.7 Å². The molecule has 1 saturated heterocycles. The van der Waals surface area contributed by atoms with Crippen molar-refractivity contribution in [1.29, 1.82) is 0 Å². The van der Waals surface area contributed by atoms with E-state index in [9.17, 15) is 0 Å². The molecule has 1 aromatic rings. The third-order valence-electron chi connectivity index (χ3n) is 2.85. The van der Waals surface area contributed by atoms with Gasteiger partial charge in [0.2, 0.25) is 0 Å². The first-order valence-corrected chi connectivity index (χ1v) is 6.38. The Morgan fingerprint density at radius 3 is 2.71 bits per heavy atom. The van der Waals surface area contributed by atoms with Gasteiger partial charge in [0.15, 0.2) is 0 Å². The van der Waals surface area contributed by atoms with Crippen molar-refractivity contribution in [3.63, 3.8) is 0 Å². The molecule has 0 radical (unpaired) electrons. The molecule has 1 aliphatic rings. The SMILES string of the molecule is CCCC1CN(c2ccccc2I)C1. The van der Waals surface area contributed by atoms with Crippen LogP contribution in [0.5, 0.6) is 0 Å². The quantitative estimate of drug-likeness (QED) is 0.772. The van der Waals surface area contributed by atoms with Crippen molar-refractivity contribution < 1.29 is 0 Å². The Balaban J connectivity index is 1.96. The molecule has 0 atom stereocenters. The molecule has 2 rings (SSSR count). The fourth-order valence-electron chi connectivity index (χ4n) is 2.07. The van der Waals surface area contributed by atoms with Gasteiger partial charge in [-0.1, -0.05) is 25.5 Å². The van der Waals surface area contributed by atoms with E-state index in [-0.39, 0.29) is 0 Å². The zero-order valence-electron chi connectivity index (χ0n) is 8.54. The van der Waals surface area contributed by atoms with Gasteiger partial charge < -0.3 is 4.90 Å². The van der Waals surface area contributed by atoms with Crippen LogP contribution in [0.25, 0.3) is 0 Å². The summed E-state index contributed by atoms with van der Waals surface area (Å²) in [5.74, 6) is 0.941. The maximum Gasteiger partial charge on any atom is 0.0502 e. The Morgan fingerprint density at radius 2 is 2.07 bits per heavy atom. The van der Waals surface area contributed by atoms with E-state index in [4.69, 9.17) is 0 Å². The first-order chi connectivity index (χ1) is 6.81. The lowest BCUT2D eigenvalue weighted by Crippen LogP contribution is -2.46. The highest BCUT2D eigenvalue weighted by Gasteiger charge is 2.26. The van der Waals surface area contributed by atoms with E-state index in [1.54, 1.807) is 0 Å². The molecule has 1 aromatic carbocycles. The van der Waals surface area contributed by atoms with Crippen molar-refractivity contribution in [3.8, 4) is 0 Å². The second kappa shape index (κ2) is 4.51. The molecule has 1 fully saturated rings. The number of rotatable bonds is 3. The normalized spacial score (nSPS) is 16.9. The van der Waals surface area contributed by atoms with E-state index < -0.39 is 0 Å². The Kier molecular flexibility index (Phi) is 3.31. The van der Waals surface area contributed by atoms with Gasteiger partial charge in [0.25, 0.3) is 0 Å². The van der Waals surface area contributed by atoms with Crippen molar-refractivity contribution in [1.82, 2.24) is 0 Å². The van der Waals surface area contributed by atoms with Gasteiger partial charge in [-0.15, -0.1) is 0 Å². The predicted octanol–water partition coefficient (Wildman–Crippen LogP) is 3.53. The number of halogens is 1. The van der Waals surface area contributed by atoms with Gasteiger partial charge in [-0.25, -0.2) is 0 Å². The summed E-state index contributed by atoms with van der Waals surface area (Å²) in [5.41, 5.74) is 1.42. The maximum absolute atomic E-state index is 2.49. The average molecular weight is 301 g/mol. The minimum Gasteiger partial charge on any atom is -0.370 e. The fraction of sp³-hybridized carbons (Fsp3) is 0.500. The van der Waals surface area contributed by atoms with Crippen LogP contribution >= 0.6 is 22.6 Å². The van der Waals surface area contributed by atoms with Crippen LogP contribution in [0, 0.1) is 9.49 Å². The Morgan fingerprint density at radius 1 is 1.36 bits per heavy atom. The topological polar surface area (TPSA) is 3.24 Å². The lowest BCUT2D eigenvalue weighted by atomic mass is 9.94. The van der Waals surface area contributed by atoms with Crippen LogP contribution in [0.1, 0.15) is 19.8 Å². The van der Waals surface area contributed by atoms with E-state index in [1.807, 2.05) is 0 Å². The number of para-hydroxylation sites is 1. The number of hydrogen-bond donors (Lipinski definition) is 0. The van der Waals surface area contributed by atoms with Gasteiger partial charge in [0.05, 0.1) is 5.69 Å². The molecule has 2 heteroatoms. The zero-order valence-corrected chi connectivity index (χ0v) is 10.7.